The average molecular weight is 371 g/mol. The monoisotopic (exact) mass is 371 g/mol. The third-order valence-corrected chi connectivity index (χ3v) is 4.32. The van der Waals surface area contributed by atoms with E-state index < -0.39 is 35.2 Å². The van der Waals surface area contributed by atoms with Crippen molar-refractivity contribution in [2.24, 2.45) is 11.8 Å². The first kappa shape index (κ1) is 20.1. The summed E-state index contributed by atoms with van der Waals surface area (Å²) in [6.45, 7) is -0.546. The minimum absolute atomic E-state index is 0.172. The number of ether oxygens (including phenoxy) is 2. The van der Waals surface area contributed by atoms with Gasteiger partial charge in [-0.05, 0) is 23.1 Å². The van der Waals surface area contributed by atoms with Gasteiger partial charge in [0.2, 0.25) is 6.54 Å². The van der Waals surface area contributed by atoms with Gasteiger partial charge in [0.05, 0.1) is 20.1 Å². The van der Waals surface area contributed by atoms with Crippen LogP contribution >= 0.6 is 0 Å². The Morgan fingerprint density at radius 1 is 0.926 bits per heavy atom. The van der Waals surface area contributed by atoms with Crippen molar-refractivity contribution in [2.45, 2.75) is 6.42 Å². The van der Waals surface area contributed by atoms with Crippen LogP contribution in [0.3, 0.4) is 0 Å². The molecule has 0 aromatic heterocycles. The predicted octanol–water partition coefficient (Wildman–Crippen LogP) is 2.75. The number of hydrogen-bond donors (Lipinski definition) is 0. The smallest absolute Gasteiger partial charge is 0.320 e. The molecule has 0 heterocycles. The van der Waals surface area contributed by atoms with Gasteiger partial charge in [-0.25, -0.2) is 0 Å². The fourth-order valence-electron chi connectivity index (χ4n) is 2.98. The lowest BCUT2D eigenvalue weighted by atomic mass is 9.86. The fourth-order valence-corrected chi connectivity index (χ4v) is 2.98. The maximum Gasteiger partial charge on any atom is 0.320 e. The molecular weight excluding hydrogens is 350 g/mol. The van der Waals surface area contributed by atoms with Gasteiger partial charge in [0.15, 0.2) is 5.92 Å². The number of rotatable bonds is 8. The van der Waals surface area contributed by atoms with Crippen LogP contribution in [0.5, 0.6) is 0 Å². The molecular formula is C20H21NO6. The topological polar surface area (TPSA) is 95.7 Å². The van der Waals surface area contributed by atoms with Crippen LogP contribution in [0.15, 0.2) is 54.6 Å². The molecule has 0 saturated carbocycles. The van der Waals surface area contributed by atoms with Gasteiger partial charge in [-0.15, -0.1) is 0 Å². The molecule has 0 spiro atoms. The van der Waals surface area contributed by atoms with E-state index in [4.69, 9.17) is 0 Å². The quantitative estimate of drug-likeness (QED) is 0.306. The zero-order chi connectivity index (χ0) is 19.8. The number of hydrogen-bond acceptors (Lipinski definition) is 6. The molecule has 0 aliphatic carbocycles. The second-order valence-corrected chi connectivity index (χ2v) is 6.07. The molecule has 0 amide bonds. The van der Waals surface area contributed by atoms with Gasteiger partial charge < -0.3 is 9.47 Å². The maximum absolute atomic E-state index is 12.0. The Morgan fingerprint density at radius 3 is 1.93 bits per heavy atom. The van der Waals surface area contributed by atoms with Gasteiger partial charge in [-0.3, -0.25) is 19.7 Å². The molecule has 0 saturated heterocycles. The summed E-state index contributed by atoms with van der Waals surface area (Å²) in [6.07, 6.45) is 0.172. The largest absolute Gasteiger partial charge is 0.468 e. The molecule has 0 aliphatic rings. The second-order valence-electron chi connectivity index (χ2n) is 6.07. The van der Waals surface area contributed by atoms with Crippen LogP contribution in [0.4, 0.5) is 0 Å². The molecule has 2 rings (SSSR count). The van der Waals surface area contributed by atoms with E-state index in [9.17, 15) is 19.7 Å². The van der Waals surface area contributed by atoms with Crippen molar-refractivity contribution in [1.29, 1.82) is 0 Å². The molecule has 0 N–H and O–H groups in total. The Hall–Kier alpha value is -3.22. The first-order chi connectivity index (χ1) is 13.0. The van der Waals surface area contributed by atoms with Gasteiger partial charge in [-0.1, -0.05) is 54.6 Å². The molecule has 2 aromatic carbocycles. The minimum Gasteiger partial charge on any atom is -0.468 e. The first-order valence-corrected chi connectivity index (χ1v) is 8.38. The molecule has 2 aromatic rings. The van der Waals surface area contributed by atoms with Gasteiger partial charge in [0, 0.05) is 4.92 Å². The highest BCUT2D eigenvalue weighted by Crippen LogP contribution is 2.24. The number of benzene rings is 2. The van der Waals surface area contributed by atoms with E-state index in [2.05, 4.69) is 9.47 Å². The lowest BCUT2D eigenvalue weighted by molar-refractivity contribution is -0.489. The van der Waals surface area contributed by atoms with Crippen LogP contribution in [-0.2, 0) is 25.5 Å². The van der Waals surface area contributed by atoms with Crippen molar-refractivity contribution in [3.63, 3.8) is 0 Å². The molecule has 0 radical (unpaired) electrons. The van der Waals surface area contributed by atoms with Gasteiger partial charge >= 0.3 is 11.9 Å². The number of carbonyl (C=O) groups is 2. The van der Waals surface area contributed by atoms with Gasteiger partial charge in [0.25, 0.3) is 0 Å². The van der Waals surface area contributed by atoms with Crippen LogP contribution < -0.4 is 0 Å². The Bertz CT molecular complexity index is 772. The van der Waals surface area contributed by atoms with E-state index in [1.807, 2.05) is 54.6 Å². The Labute approximate surface area is 157 Å². The average Bonchev–Trinajstić information content (AvgIpc) is 2.68. The zero-order valence-corrected chi connectivity index (χ0v) is 15.2. The third-order valence-electron chi connectivity index (χ3n) is 4.32. The number of carbonyl (C=O) groups excluding carboxylic acids is 2. The van der Waals surface area contributed by atoms with Gasteiger partial charge in [0.1, 0.15) is 0 Å². The summed E-state index contributed by atoms with van der Waals surface area (Å²) in [6, 6.07) is 17.2. The number of nitro groups is 1. The van der Waals surface area contributed by atoms with E-state index in [0.29, 0.717) is 0 Å². The molecule has 1 atom stereocenters. The molecule has 1 unspecified atom stereocenters. The SMILES string of the molecule is COC(=O)C(C(=O)OC)C(Cc1ccc(-c2ccccc2)cc1)C[N+](=O)[O-]. The molecule has 0 fully saturated rings. The van der Waals surface area contributed by atoms with E-state index in [-0.39, 0.29) is 6.42 Å². The van der Waals surface area contributed by atoms with Crippen molar-refractivity contribution in [3.8, 4) is 11.1 Å². The van der Waals surface area contributed by atoms with Crippen LogP contribution in [0.2, 0.25) is 0 Å². The summed E-state index contributed by atoms with van der Waals surface area (Å²) in [5.74, 6) is -3.90. The highest BCUT2D eigenvalue weighted by molar-refractivity contribution is 5.95. The number of nitrogens with zero attached hydrogens (tertiary/aromatic N) is 1. The zero-order valence-electron chi connectivity index (χ0n) is 15.2. The van der Waals surface area contributed by atoms with E-state index in [0.717, 1.165) is 30.9 Å². The summed E-state index contributed by atoms with van der Waals surface area (Å²) in [5, 5.41) is 11.1. The third kappa shape index (κ3) is 5.37. The number of methoxy groups -OCH3 is 2. The highest BCUT2D eigenvalue weighted by Gasteiger charge is 2.39. The molecule has 7 nitrogen and oxygen atoms in total. The Kier molecular flexibility index (Phi) is 7.05. The van der Waals surface area contributed by atoms with Crippen molar-refractivity contribution in [2.75, 3.05) is 20.8 Å². The summed E-state index contributed by atoms with van der Waals surface area (Å²) >= 11 is 0. The minimum atomic E-state index is -1.35. The summed E-state index contributed by atoms with van der Waals surface area (Å²) in [7, 11) is 2.27. The normalized spacial score (nSPS) is 11.7. The van der Waals surface area contributed by atoms with E-state index >= 15 is 0 Å². The molecule has 7 heteroatoms. The maximum atomic E-state index is 12.0. The molecule has 0 aliphatic heterocycles. The Balaban J connectivity index is 2.25. The standard InChI is InChI=1S/C20H21NO6/c1-26-19(22)18(20(23)27-2)17(13-21(24)25)12-14-8-10-16(11-9-14)15-6-4-3-5-7-15/h3-11,17-18H,12-13H2,1-2H3. The van der Waals surface area contributed by atoms with E-state index in [1.54, 1.807) is 0 Å². The lowest BCUT2D eigenvalue weighted by Crippen LogP contribution is -2.38. The van der Waals surface area contributed by atoms with Crippen LogP contribution in [0, 0.1) is 22.0 Å². The van der Waals surface area contributed by atoms with E-state index in [1.165, 1.54) is 0 Å². The molecule has 142 valence electrons. The van der Waals surface area contributed by atoms with Crippen LogP contribution in [-0.4, -0.2) is 37.6 Å². The lowest BCUT2D eigenvalue weighted by Gasteiger charge is -2.20. The predicted molar refractivity (Wildman–Crippen MR) is 98.5 cm³/mol. The highest BCUT2D eigenvalue weighted by atomic mass is 16.6. The fraction of sp³-hybridized carbons (Fsp3) is 0.300. The van der Waals surface area contributed by atoms with Crippen molar-refractivity contribution in [3.05, 3.63) is 70.3 Å². The van der Waals surface area contributed by atoms with Crippen molar-refractivity contribution >= 4 is 11.9 Å². The summed E-state index contributed by atoms with van der Waals surface area (Å²) in [5.41, 5.74) is 2.83. The first-order valence-electron chi connectivity index (χ1n) is 8.38. The van der Waals surface area contributed by atoms with Gasteiger partial charge in [-0.2, -0.15) is 0 Å². The number of esters is 2. The molecule has 27 heavy (non-hydrogen) atoms. The van der Waals surface area contributed by atoms with Crippen molar-refractivity contribution in [1.82, 2.24) is 0 Å². The Morgan fingerprint density at radius 2 is 1.44 bits per heavy atom. The summed E-state index contributed by atoms with van der Waals surface area (Å²) in [4.78, 5) is 34.6. The summed E-state index contributed by atoms with van der Waals surface area (Å²) < 4.78 is 9.30. The van der Waals surface area contributed by atoms with Crippen LogP contribution in [0.25, 0.3) is 11.1 Å². The van der Waals surface area contributed by atoms with Crippen molar-refractivity contribution < 1.29 is 24.0 Å². The second kappa shape index (κ2) is 9.47. The molecule has 0 bridgehead atoms. The van der Waals surface area contributed by atoms with Crippen LogP contribution in [0.1, 0.15) is 5.56 Å².